The maximum atomic E-state index is 12.4. The third kappa shape index (κ3) is 2.82. The predicted octanol–water partition coefficient (Wildman–Crippen LogP) is 2.17. The minimum absolute atomic E-state index is 0.182. The average Bonchev–Trinajstić information content (AvgIpc) is 2.89. The third-order valence-electron chi connectivity index (χ3n) is 3.04. The first kappa shape index (κ1) is 14.1. The number of pyridine rings is 1. The van der Waals surface area contributed by atoms with Gasteiger partial charge in [-0.2, -0.15) is 0 Å². The van der Waals surface area contributed by atoms with Crippen LogP contribution in [-0.2, 0) is 9.53 Å². The molecule has 1 aliphatic heterocycles. The summed E-state index contributed by atoms with van der Waals surface area (Å²) in [5.41, 5.74) is 0.248. The molecule has 0 aliphatic carbocycles. The summed E-state index contributed by atoms with van der Waals surface area (Å²) in [6.07, 6.45) is 2.66. The molecule has 1 aromatic heterocycles. The molecule has 2 rings (SSSR count). The fourth-order valence-electron chi connectivity index (χ4n) is 2.12. The van der Waals surface area contributed by atoms with Gasteiger partial charge in [0.05, 0.1) is 17.7 Å². The summed E-state index contributed by atoms with van der Waals surface area (Å²) < 4.78 is 4.70. The molecule has 0 saturated carbocycles. The Bertz CT molecular complexity index is 522. The molecule has 1 aliphatic rings. The van der Waals surface area contributed by atoms with Gasteiger partial charge < -0.3 is 9.64 Å². The maximum Gasteiger partial charge on any atom is 0.328 e. The molecule has 1 unspecified atom stereocenters. The van der Waals surface area contributed by atoms with Crippen LogP contribution in [-0.4, -0.2) is 41.5 Å². The monoisotopic (exact) mass is 302 g/mol. The molecule has 1 aromatic rings. The van der Waals surface area contributed by atoms with Crippen molar-refractivity contribution < 1.29 is 14.3 Å². The van der Waals surface area contributed by atoms with E-state index in [9.17, 15) is 9.59 Å². The summed E-state index contributed by atoms with van der Waals surface area (Å²) in [7, 11) is 1.31. The average molecular weight is 303 g/mol. The van der Waals surface area contributed by atoms with Crippen LogP contribution in [0.2, 0.25) is 10.2 Å². The van der Waals surface area contributed by atoms with Crippen LogP contribution in [0.3, 0.4) is 0 Å². The Balaban J connectivity index is 2.28. The minimum atomic E-state index is -0.555. The number of halogens is 2. The smallest absolute Gasteiger partial charge is 0.328 e. The molecule has 0 N–H and O–H groups in total. The van der Waals surface area contributed by atoms with E-state index in [2.05, 4.69) is 4.98 Å². The van der Waals surface area contributed by atoms with Crippen molar-refractivity contribution in [1.29, 1.82) is 0 Å². The van der Waals surface area contributed by atoms with Gasteiger partial charge in [0, 0.05) is 12.7 Å². The van der Waals surface area contributed by atoms with Crippen molar-refractivity contribution >= 4 is 35.1 Å². The number of hydrogen-bond donors (Lipinski definition) is 0. The fourth-order valence-corrected chi connectivity index (χ4v) is 2.46. The van der Waals surface area contributed by atoms with Crippen molar-refractivity contribution in [3.63, 3.8) is 0 Å². The van der Waals surface area contributed by atoms with Gasteiger partial charge in [0.15, 0.2) is 0 Å². The molecule has 1 amide bonds. The first-order chi connectivity index (χ1) is 9.04. The first-order valence-corrected chi connectivity index (χ1v) is 6.50. The number of nitrogens with zero attached hydrogens (tertiary/aromatic N) is 2. The normalized spacial score (nSPS) is 18.5. The number of likely N-dealkylation sites (tertiary alicyclic amines) is 1. The maximum absolute atomic E-state index is 12.4. The second kappa shape index (κ2) is 5.75. The first-order valence-electron chi connectivity index (χ1n) is 5.74. The molecule has 19 heavy (non-hydrogen) atoms. The molecule has 102 valence electrons. The Hall–Kier alpha value is -1.33. The number of carbonyl (C=O) groups is 2. The molecular formula is C12H12Cl2N2O3. The van der Waals surface area contributed by atoms with Gasteiger partial charge in [-0.25, -0.2) is 9.78 Å². The van der Waals surface area contributed by atoms with E-state index in [-0.39, 0.29) is 21.6 Å². The van der Waals surface area contributed by atoms with Gasteiger partial charge in [0.1, 0.15) is 11.2 Å². The Kier molecular flexibility index (Phi) is 4.27. The lowest BCUT2D eigenvalue weighted by atomic mass is 10.2. The topological polar surface area (TPSA) is 59.5 Å². The quantitative estimate of drug-likeness (QED) is 0.620. The molecule has 1 saturated heterocycles. The highest BCUT2D eigenvalue weighted by molar-refractivity contribution is 6.35. The van der Waals surface area contributed by atoms with Gasteiger partial charge in [0.2, 0.25) is 0 Å². The van der Waals surface area contributed by atoms with Gasteiger partial charge in [-0.15, -0.1) is 0 Å². The van der Waals surface area contributed by atoms with Crippen molar-refractivity contribution in [2.24, 2.45) is 0 Å². The summed E-state index contributed by atoms with van der Waals surface area (Å²) in [4.78, 5) is 29.3. The highest BCUT2D eigenvalue weighted by atomic mass is 35.5. The number of aromatic nitrogens is 1. The molecule has 5 nitrogen and oxygen atoms in total. The lowest BCUT2D eigenvalue weighted by molar-refractivity contribution is -0.145. The molecule has 1 fully saturated rings. The SMILES string of the molecule is COC(=O)C1CCCN1C(=O)c1cc(Cl)ncc1Cl. The summed E-state index contributed by atoms with van der Waals surface area (Å²) in [5, 5.41) is 0.395. The molecule has 0 radical (unpaired) electrons. The van der Waals surface area contributed by atoms with E-state index in [1.54, 1.807) is 0 Å². The van der Waals surface area contributed by atoms with E-state index < -0.39 is 12.0 Å². The van der Waals surface area contributed by atoms with Crippen LogP contribution in [0.25, 0.3) is 0 Å². The van der Waals surface area contributed by atoms with E-state index in [4.69, 9.17) is 27.9 Å². The number of rotatable bonds is 2. The number of esters is 1. The summed E-state index contributed by atoms with van der Waals surface area (Å²) >= 11 is 11.7. The second-order valence-electron chi connectivity index (χ2n) is 4.17. The van der Waals surface area contributed by atoms with Gasteiger partial charge in [-0.1, -0.05) is 23.2 Å². The molecular weight excluding hydrogens is 291 g/mol. The van der Waals surface area contributed by atoms with Gasteiger partial charge in [0.25, 0.3) is 5.91 Å². The summed E-state index contributed by atoms with van der Waals surface area (Å²) in [5.74, 6) is -0.746. The van der Waals surface area contributed by atoms with Crippen molar-refractivity contribution in [2.45, 2.75) is 18.9 Å². The summed E-state index contributed by atoms with van der Waals surface area (Å²) in [6.45, 7) is 0.495. The van der Waals surface area contributed by atoms with Crippen molar-refractivity contribution in [3.8, 4) is 0 Å². The number of methoxy groups -OCH3 is 1. The van der Waals surface area contributed by atoms with E-state index in [0.717, 1.165) is 6.42 Å². The largest absolute Gasteiger partial charge is 0.467 e. The molecule has 0 bridgehead atoms. The van der Waals surface area contributed by atoms with Crippen LogP contribution in [0.1, 0.15) is 23.2 Å². The Morgan fingerprint density at radius 3 is 2.89 bits per heavy atom. The van der Waals surface area contributed by atoms with Crippen LogP contribution < -0.4 is 0 Å². The molecule has 7 heteroatoms. The highest BCUT2D eigenvalue weighted by Crippen LogP contribution is 2.25. The summed E-state index contributed by atoms with van der Waals surface area (Å²) in [6, 6.07) is 0.847. The van der Waals surface area contributed by atoms with Crippen molar-refractivity contribution in [2.75, 3.05) is 13.7 Å². The lowest BCUT2D eigenvalue weighted by Crippen LogP contribution is -2.41. The molecule has 2 heterocycles. The van der Waals surface area contributed by atoms with Gasteiger partial charge >= 0.3 is 5.97 Å². The van der Waals surface area contributed by atoms with Gasteiger partial charge in [-0.05, 0) is 18.9 Å². The predicted molar refractivity (Wildman–Crippen MR) is 70.3 cm³/mol. The highest BCUT2D eigenvalue weighted by Gasteiger charge is 2.35. The van der Waals surface area contributed by atoms with E-state index in [1.165, 1.54) is 24.3 Å². The van der Waals surface area contributed by atoms with Gasteiger partial charge in [-0.3, -0.25) is 4.79 Å². The van der Waals surface area contributed by atoms with Crippen LogP contribution in [0, 0.1) is 0 Å². The fraction of sp³-hybridized carbons (Fsp3) is 0.417. The van der Waals surface area contributed by atoms with Crippen LogP contribution in [0.5, 0.6) is 0 Å². The Morgan fingerprint density at radius 1 is 1.47 bits per heavy atom. The van der Waals surface area contributed by atoms with Crippen LogP contribution in [0.15, 0.2) is 12.3 Å². The van der Waals surface area contributed by atoms with E-state index >= 15 is 0 Å². The van der Waals surface area contributed by atoms with Crippen molar-refractivity contribution in [3.05, 3.63) is 28.0 Å². The molecule has 0 spiro atoms. The van der Waals surface area contributed by atoms with Crippen LogP contribution in [0.4, 0.5) is 0 Å². The number of carbonyl (C=O) groups excluding carboxylic acids is 2. The van der Waals surface area contributed by atoms with Crippen LogP contribution >= 0.6 is 23.2 Å². The van der Waals surface area contributed by atoms with E-state index in [0.29, 0.717) is 13.0 Å². The lowest BCUT2D eigenvalue weighted by Gasteiger charge is -2.23. The number of hydrogen-bond acceptors (Lipinski definition) is 4. The third-order valence-corrected chi connectivity index (χ3v) is 3.55. The number of amides is 1. The van der Waals surface area contributed by atoms with E-state index in [1.807, 2.05) is 0 Å². The Morgan fingerprint density at radius 2 is 2.21 bits per heavy atom. The van der Waals surface area contributed by atoms with Crippen molar-refractivity contribution in [1.82, 2.24) is 9.88 Å². The Labute approximate surface area is 120 Å². The zero-order valence-corrected chi connectivity index (χ0v) is 11.7. The molecule has 0 aromatic carbocycles. The zero-order chi connectivity index (χ0) is 14.0. The second-order valence-corrected chi connectivity index (χ2v) is 4.96. The molecule has 1 atom stereocenters. The zero-order valence-electron chi connectivity index (χ0n) is 10.2. The standard InChI is InChI=1S/C12H12Cl2N2O3/c1-19-12(18)9-3-2-4-16(9)11(17)7-5-10(14)15-6-8(7)13/h5-6,9H,2-4H2,1H3. The number of ether oxygens (including phenoxy) is 1. The minimum Gasteiger partial charge on any atom is -0.467 e.